The van der Waals surface area contributed by atoms with Crippen molar-refractivity contribution in [3.8, 4) is 11.1 Å². The smallest absolute Gasteiger partial charge is 0.253 e. The molecule has 0 bridgehead atoms. The van der Waals surface area contributed by atoms with E-state index in [1.165, 1.54) is 5.56 Å². The second-order valence-electron chi connectivity index (χ2n) is 7.57. The quantitative estimate of drug-likeness (QED) is 0.714. The zero-order valence-electron chi connectivity index (χ0n) is 16.4. The van der Waals surface area contributed by atoms with Crippen molar-refractivity contribution < 1.29 is 4.79 Å². The second-order valence-corrected chi connectivity index (χ2v) is 7.57. The fourth-order valence-corrected chi connectivity index (χ4v) is 3.98. The van der Waals surface area contributed by atoms with Gasteiger partial charge in [0.2, 0.25) is 0 Å². The SMILES string of the molecule is NCc1cccc(C2CCN(C(=O)c3cccc(-c4ccc(N)nc4)c3)CC2)c1. The molecule has 29 heavy (non-hydrogen) atoms. The van der Waals surface area contributed by atoms with Gasteiger partial charge in [0, 0.05) is 37.0 Å². The lowest BCUT2D eigenvalue weighted by Crippen LogP contribution is -2.37. The van der Waals surface area contributed by atoms with Crippen LogP contribution in [0.15, 0.2) is 66.9 Å². The van der Waals surface area contributed by atoms with Crippen molar-refractivity contribution in [3.05, 3.63) is 83.6 Å². The van der Waals surface area contributed by atoms with Crippen molar-refractivity contribution in [1.82, 2.24) is 9.88 Å². The first-order valence-electron chi connectivity index (χ1n) is 10.0. The number of nitrogens with two attached hydrogens (primary N) is 2. The highest BCUT2D eigenvalue weighted by Gasteiger charge is 2.24. The number of benzene rings is 2. The average Bonchev–Trinajstić information content (AvgIpc) is 2.79. The zero-order valence-corrected chi connectivity index (χ0v) is 16.4. The first-order chi connectivity index (χ1) is 14.1. The van der Waals surface area contributed by atoms with Crippen LogP contribution in [0.1, 0.15) is 40.2 Å². The summed E-state index contributed by atoms with van der Waals surface area (Å²) in [5.74, 6) is 1.06. The van der Waals surface area contributed by atoms with Gasteiger partial charge in [-0.3, -0.25) is 4.79 Å². The molecular weight excluding hydrogens is 360 g/mol. The van der Waals surface area contributed by atoms with E-state index in [1.54, 1.807) is 12.3 Å². The lowest BCUT2D eigenvalue weighted by molar-refractivity contribution is 0.0713. The number of nitrogens with zero attached hydrogens (tertiary/aromatic N) is 2. The van der Waals surface area contributed by atoms with E-state index in [1.807, 2.05) is 35.2 Å². The lowest BCUT2D eigenvalue weighted by Gasteiger charge is -2.32. The molecule has 1 aromatic heterocycles. The average molecular weight is 386 g/mol. The van der Waals surface area contributed by atoms with Crippen LogP contribution in [0.5, 0.6) is 0 Å². The second kappa shape index (κ2) is 8.45. The van der Waals surface area contributed by atoms with E-state index in [-0.39, 0.29) is 5.91 Å². The van der Waals surface area contributed by atoms with Gasteiger partial charge in [-0.1, -0.05) is 36.4 Å². The first kappa shape index (κ1) is 19.2. The number of carbonyl (C=O) groups is 1. The minimum Gasteiger partial charge on any atom is -0.384 e. The predicted octanol–water partition coefficient (Wildman–Crippen LogP) is 3.81. The van der Waals surface area contributed by atoms with Crippen molar-refractivity contribution in [2.24, 2.45) is 5.73 Å². The van der Waals surface area contributed by atoms with Gasteiger partial charge in [-0.25, -0.2) is 4.98 Å². The van der Waals surface area contributed by atoms with Crippen LogP contribution in [0.4, 0.5) is 5.82 Å². The summed E-state index contributed by atoms with van der Waals surface area (Å²) in [4.78, 5) is 19.2. The molecule has 1 aliphatic rings. The van der Waals surface area contributed by atoms with E-state index in [0.29, 0.717) is 23.8 Å². The van der Waals surface area contributed by atoms with Crippen molar-refractivity contribution in [3.63, 3.8) is 0 Å². The number of rotatable bonds is 4. The Morgan fingerprint density at radius 1 is 1.00 bits per heavy atom. The predicted molar refractivity (Wildman–Crippen MR) is 116 cm³/mol. The Labute approximate surface area is 171 Å². The normalized spacial score (nSPS) is 14.7. The van der Waals surface area contributed by atoms with Crippen LogP contribution < -0.4 is 11.5 Å². The van der Waals surface area contributed by atoms with Gasteiger partial charge >= 0.3 is 0 Å². The van der Waals surface area contributed by atoms with Crippen LogP contribution in [0.25, 0.3) is 11.1 Å². The summed E-state index contributed by atoms with van der Waals surface area (Å²) >= 11 is 0. The minimum atomic E-state index is 0.0874. The van der Waals surface area contributed by atoms with Crippen molar-refractivity contribution >= 4 is 11.7 Å². The van der Waals surface area contributed by atoms with Gasteiger partial charge in [0.25, 0.3) is 5.91 Å². The molecule has 3 aromatic rings. The molecule has 1 saturated heterocycles. The fourth-order valence-electron chi connectivity index (χ4n) is 3.98. The van der Waals surface area contributed by atoms with Gasteiger partial charge in [0.15, 0.2) is 0 Å². The molecule has 2 heterocycles. The summed E-state index contributed by atoms with van der Waals surface area (Å²) in [6.45, 7) is 2.10. The molecule has 0 aliphatic carbocycles. The van der Waals surface area contributed by atoms with Crippen LogP contribution in [-0.2, 0) is 6.54 Å². The summed E-state index contributed by atoms with van der Waals surface area (Å²) in [6, 6.07) is 19.9. The van der Waals surface area contributed by atoms with E-state index < -0.39 is 0 Å². The molecule has 148 valence electrons. The Kier molecular flexibility index (Phi) is 5.58. The fraction of sp³-hybridized carbons (Fsp3) is 0.250. The molecule has 5 heteroatoms. The van der Waals surface area contributed by atoms with E-state index in [4.69, 9.17) is 11.5 Å². The van der Waals surface area contributed by atoms with Crippen molar-refractivity contribution in [2.45, 2.75) is 25.3 Å². The molecule has 4 rings (SSSR count). The molecule has 0 saturated carbocycles. The number of carbonyl (C=O) groups excluding carboxylic acids is 1. The first-order valence-corrected chi connectivity index (χ1v) is 10.0. The van der Waals surface area contributed by atoms with E-state index in [0.717, 1.165) is 42.6 Å². The maximum absolute atomic E-state index is 13.1. The van der Waals surface area contributed by atoms with E-state index in [9.17, 15) is 4.79 Å². The van der Waals surface area contributed by atoms with Gasteiger partial charge in [-0.2, -0.15) is 0 Å². The van der Waals surface area contributed by atoms with Crippen LogP contribution in [0.2, 0.25) is 0 Å². The number of hydrogen-bond acceptors (Lipinski definition) is 4. The third kappa shape index (κ3) is 4.30. The maximum atomic E-state index is 13.1. The van der Waals surface area contributed by atoms with Gasteiger partial charge in [-0.05, 0) is 59.7 Å². The molecule has 0 atom stereocenters. The standard InChI is InChI=1S/C24H26N4O/c25-15-17-3-1-4-19(13-17)18-9-11-28(12-10-18)24(29)21-6-2-5-20(14-21)22-7-8-23(26)27-16-22/h1-8,13-14,16,18H,9-12,15,25H2,(H2,26,27). The molecule has 5 nitrogen and oxygen atoms in total. The third-order valence-corrected chi connectivity index (χ3v) is 5.67. The summed E-state index contributed by atoms with van der Waals surface area (Å²) < 4.78 is 0. The number of hydrogen-bond donors (Lipinski definition) is 2. The molecule has 1 fully saturated rings. The molecule has 0 unspecified atom stereocenters. The number of pyridine rings is 1. The largest absolute Gasteiger partial charge is 0.384 e. The highest BCUT2D eigenvalue weighted by atomic mass is 16.2. The Balaban J connectivity index is 1.44. The molecule has 0 spiro atoms. The topological polar surface area (TPSA) is 85.2 Å². The molecule has 1 amide bonds. The van der Waals surface area contributed by atoms with Gasteiger partial charge in [0.05, 0.1) is 0 Å². The highest BCUT2D eigenvalue weighted by Crippen LogP contribution is 2.29. The molecule has 4 N–H and O–H groups in total. The van der Waals surface area contributed by atoms with Crippen LogP contribution in [0, 0.1) is 0 Å². The highest BCUT2D eigenvalue weighted by molar-refractivity contribution is 5.95. The minimum absolute atomic E-state index is 0.0874. The molecule has 0 radical (unpaired) electrons. The summed E-state index contributed by atoms with van der Waals surface area (Å²) in [5, 5.41) is 0. The van der Waals surface area contributed by atoms with Crippen molar-refractivity contribution in [2.75, 3.05) is 18.8 Å². The number of aromatic nitrogens is 1. The lowest BCUT2D eigenvalue weighted by atomic mass is 9.88. The maximum Gasteiger partial charge on any atom is 0.253 e. The Bertz CT molecular complexity index is 992. The van der Waals surface area contributed by atoms with Gasteiger partial charge in [-0.15, -0.1) is 0 Å². The number of piperidine rings is 1. The van der Waals surface area contributed by atoms with E-state index >= 15 is 0 Å². The van der Waals surface area contributed by atoms with E-state index in [2.05, 4.69) is 29.2 Å². The summed E-state index contributed by atoms with van der Waals surface area (Å²) in [6.07, 6.45) is 3.68. The Hall–Kier alpha value is -3.18. The number of nitrogen functional groups attached to an aromatic ring is 1. The summed E-state index contributed by atoms with van der Waals surface area (Å²) in [5.41, 5.74) is 16.6. The van der Waals surface area contributed by atoms with Crippen molar-refractivity contribution in [1.29, 1.82) is 0 Å². The number of amides is 1. The Morgan fingerprint density at radius 3 is 2.52 bits per heavy atom. The summed E-state index contributed by atoms with van der Waals surface area (Å²) in [7, 11) is 0. The van der Waals surface area contributed by atoms with Gasteiger partial charge in [0.1, 0.15) is 5.82 Å². The number of likely N-dealkylation sites (tertiary alicyclic amines) is 1. The Morgan fingerprint density at radius 2 is 1.79 bits per heavy atom. The zero-order chi connectivity index (χ0) is 20.2. The van der Waals surface area contributed by atoms with Crippen LogP contribution in [-0.4, -0.2) is 28.9 Å². The monoisotopic (exact) mass is 386 g/mol. The molecule has 2 aromatic carbocycles. The molecule has 1 aliphatic heterocycles. The molecular formula is C24H26N4O. The van der Waals surface area contributed by atoms with Crippen LogP contribution in [0.3, 0.4) is 0 Å². The van der Waals surface area contributed by atoms with Crippen LogP contribution >= 0.6 is 0 Å². The number of anilines is 1. The third-order valence-electron chi connectivity index (χ3n) is 5.67. The van der Waals surface area contributed by atoms with Gasteiger partial charge < -0.3 is 16.4 Å².